The first-order chi connectivity index (χ1) is 9.45. The van der Waals surface area contributed by atoms with E-state index in [9.17, 15) is 17.6 Å². The van der Waals surface area contributed by atoms with Gasteiger partial charge < -0.3 is 5.32 Å². The van der Waals surface area contributed by atoms with Gasteiger partial charge in [0, 0.05) is 6.04 Å². The molecule has 0 saturated heterocycles. The largest absolute Gasteiger partial charge is 0.349 e. The van der Waals surface area contributed by atoms with Crippen molar-refractivity contribution in [2.75, 3.05) is 0 Å². The summed E-state index contributed by atoms with van der Waals surface area (Å²) in [6, 6.07) is 0.724. The Morgan fingerprint density at radius 1 is 1.43 bits per heavy atom. The Bertz CT molecular complexity index is 735. The molecular formula is C12H13Cl2FN2O3S. The molecule has 0 radical (unpaired) electrons. The predicted octanol–water partition coefficient (Wildman–Crippen LogP) is 2.31. The Morgan fingerprint density at radius 2 is 1.95 bits per heavy atom. The van der Waals surface area contributed by atoms with E-state index in [0.717, 1.165) is 12.5 Å². The van der Waals surface area contributed by atoms with Crippen molar-refractivity contribution in [3.8, 4) is 0 Å². The van der Waals surface area contributed by atoms with Gasteiger partial charge in [-0.15, -0.1) is 0 Å². The van der Waals surface area contributed by atoms with Crippen LogP contribution in [-0.4, -0.2) is 20.4 Å². The zero-order valence-electron chi connectivity index (χ0n) is 11.2. The van der Waals surface area contributed by atoms with E-state index in [2.05, 4.69) is 5.32 Å². The van der Waals surface area contributed by atoms with E-state index < -0.39 is 36.7 Å². The molecule has 2 rings (SSSR count). The molecule has 0 spiro atoms. The van der Waals surface area contributed by atoms with E-state index in [1.165, 1.54) is 0 Å². The molecular weight excluding hydrogens is 342 g/mol. The molecule has 1 amide bonds. The maximum absolute atomic E-state index is 13.7. The molecule has 0 bridgehead atoms. The van der Waals surface area contributed by atoms with Gasteiger partial charge >= 0.3 is 0 Å². The summed E-state index contributed by atoms with van der Waals surface area (Å²) in [5.41, 5.74) is -0.360. The molecule has 1 aliphatic rings. The molecule has 1 unspecified atom stereocenters. The average molecular weight is 355 g/mol. The number of primary sulfonamides is 1. The summed E-state index contributed by atoms with van der Waals surface area (Å²) in [5, 5.41) is 6.40. The predicted molar refractivity (Wildman–Crippen MR) is 77.4 cm³/mol. The standard InChI is InChI=1S/C12H13Cl2FN2O3S/c1-12(2)4-7(12)17-11(18)5-3-6(15)9(14)10(8(5)13)21(16,19)20/h3,7H,4H2,1-2H3,(H,17,18)(H2,16,19,20). The summed E-state index contributed by atoms with van der Waals surface area (Å²) < 4.78 is 36.6. The fourth-order valence-corrected chi connectivity index (χ4v) is 3.73. The molecule has 1 saturated carbocycles. The highest BCUT2D eigenvalue weighted by Gasteiger charge is 2.46. The van der Waals surface area contributed by atoms with E-state index >= 15 is 0 Å². The Balaban J connectivity index is 2.46. The lowest BCUT2D eigenvalue weighted by Gasteiger charge is -2.12. The van der Waals surface area contributed by atoms with Crippen LogP contribution in [0.2, 0.25) is 10.0 Å². The van der Waals surface area contributed by atoms with Crippen molar-refractivity contribution >= 4 is 39.1 Å². The first kappa shape index (κ1) is 16.5. The lowest BCUT2D eigenvalue weighted by atomic mass is 10.1. The van der Waals surface area contributed by atoms with Gasteiger partial charge in [0.15, 0.2) is 0 Å². The van der Waals surface area contributed by atoms with Crippen molar-refractivity contribution in [1.29, 1.82) is 0 Å². The van der Waals surface area contributed by atoms with E-state index in [-0.39, 0.29) is 17.0 Å². The minimum Gasteiger partial charge on any atom is -0.349 e. The van der Waals surface area contributed by atoms with E-state index in [0.29, 0.717) is 0 Å². The second-order valence-electron chi connectivity index (χ2n) is 5.63. The fraction of sp³-hybridized carbons (Fsp3) is 0.417. The summed E-state index contributed by atoms with van der Waals surface area (Å²) in [6.07, 6.45) is 0.772. The van der Waals surface area contributed by atoms with Crippen molar-refractivity contribution in [3.05, 3.63) is 27.5 Å². The van der Waals surface area contributed by atoms with E-state index in [1.807, 2.05) is 13.8 Å². The first-order valence-corrected chi connectivity index (χ1v) is 8.26. The van der Waals surface area contributed by atoms with Crippen LogP contribution in [0.4, 0.5) is 4.39 Å². The Labute approximate surface area is 131 Å². The average Bonchev–Trinajstić information content (AvgIpc) is 2.89. The smallest absolute Gasteiger partial charge is 0.253 e. The zero-order chi connectivity index (χ0) is 16.2. The van der Waals surface area contributed by atoms with Crippen molar-refractivity contribution in [2.45, 2.75) is 31.2 Å². The van der Waals surface area contributed by atoms with Crippen molar-refractivity contribution in [1.82, 2.24) is 5.32 Å². The maximum Gasteiger partial charge on any atom is 0.253 e. The number of sulfonamides is 1. The topological polar surface area (TPSA) is 89.3 Å². The second-order valence-corrected chi connectivity index (χ2v) is 7.88. The first-order valence-electron chi connectivity index (χ1n) is 5.96. The van der Waals surface area contributed by atoms with Gasteiger partial charge in [0.2, 0.25) is 10.0 Å². The second kappa shape index (κ2) is 5.08. The van der Waals surface area contributed by atoms with Crippen LogP contribution in [0.25, 0.3) is 0 Å². The van der Waals surface area contributed by atoms with Crippen LogP contribution in [-0.2, 0) is 10.0 Å². The number of carbonyl (C=O) groups is 1. The molecule has 1 aliphatic carbocycles. The number of nitrogens with one attached hydrogen (secondary N) is 1. The fourth-order valence-electron chi connectivity index (χ4n) is 1.95. The van der Waals surface area contributed by atoms with Crippen LogP contribution in [0.1, 0.15) is 30.6 Å². The number of hydrogen-bond acceptors (Lipinski definition) is 3. The quantitative estimate of drug-likeness (QED) is 0.816. The van der Waals surface area contributed by atoms with Crippen LogP contribution >= 0.6 is 23.2 Å². The number of rotatable bonds is 3. The summed E-state index contributed by atoms with van der Waals surface area (Å²) >= 11 is 11.4. The summed E-state index contributed by atoms with van der Waals surface area (Å²) in [6.45, 7) is 3.91. The molecule has 1 atom stereocenters. The number of halogens is 3. The lowest BCUT2D eigenvalue weighted by molar-refractivity contribution is 0.0946. The van der Waals surface area contributed by atoms with Crippen molar-refractivity contribution in [2.24, 2.45) is 10.6 Å². The number of amides is 1. The number of carbonyl (C=O) groups excluding carboxylic acids is 1. The van der Waals surface area contributed by atoms with Gasteiger partial charge in [0.25, 0.3) is 5.91 Å². The summed E-state index contributed by atoms with van der Waals surface area (Å²) in [5.74, 6) is -1.75. The highest BCUT2D eigenvalue weighted by molar-refractivity contribution is 7.89. The minimum atomic E-state index is -4.36. The van der Waals surface area contributed by atoms with Gasteiger partial charge in [0.05, 0.1) is 15.6 Å². The molecule has 0 aliphatic heterocycles. The number of hydrogen-bond donors (Lipinski definition) is 2. The Morgan fingerprint density at radius 3 is 2.38 bits per heavy atom. The summed E-state index contributed by atoms with van der Waals surface area (Å²) in [7, 11) is -4.36. The zero-order valence-corrected chi connectivity index (χ0v) is 13.5. The molecule has 21 heavy (non-hydrogen) atoms. The summed E-state index contributed by atoms with van der Waals surface area (Å²) in [4.78, 5) is 11.3. The highest BCUT2D eigenvalue weighted by atomic mass is 35.5. The molecule has 9 heteroatoms. The van der Waals surface area contributed by atoms with Crippen LogP contribution in [0, 0.1) is 11.2 Å². The van der Waals surface area contributed by atoms with Gasteiger partial charge in [-0.3, -0.25) is 4.79 Å². The van der Waals surface area contributed by atoms with Gasteiger partial charge in [0.1, 0.15) is 10.7 Å². The molecule has 5 nitrogen and oxygen atoms in total. The minimum absolute atomic E-state index is 0.0458. The third-order valence-corrected chi connectivity index (χ3v) is 5.43. The third-order valence-electron chi connectivity index (χ3n) is 3.46. The van der Waals surface area contributed by atoms with E-state index in [1.54, 1.807) is 0 Å². The van der Waals surface area contributed by atoms with Gasteiger partial charge in [-0.2, -0.15) is 0 Å². The number of benzene rings is 1. The molecule has 0 aromatic heterocycles. The number of nitrogens with two attached hydrogens (primary N) is 1. The van der Waals surface area contributed by atoms with Gasteiger partial charge in [-0.1, -0.05) is 37.0 Å². The van der Waals surface area contributed by atoms with Crippen LogP contribution in [0.3, 0.4) is 0 Å². The molecule has 1 aromatic rings. The Hall–Kier alpha value is -0.890. The van der Waals surface area contributed by atoms with Crippen LogP contribution in [0.5, 0.6) is 0 Å². The lowest BCUT2D eigenvalue weighted by Crippen LogP contribution is -2.29. The van der Waals surface area contributed by atoms with Gasteiger partial charge in [-0.05, 0) is 17.9 Å². The van der Waals surface area contributed by atoms with Crippen molar-refractivity contribution in [3.63, 3.8) is 0 Å². The SMILES string of the molecule is CC1(C)CC1NC(=O)c1cc(F)c(Cl)c(S(N)(=O)=O)c1Cl. The third kappa shape index (κ3) is 3.15. The molecule has 0 heterocycles. The maximum atomic E-state index is 13.7. The van der Waals surface area contributed by atoms with Crippen molar-refractivity contribution < 1.29 is 17.6 Å². The molecule has 1 fully saturated rings. The highest BCUT2D eigenvalue weighted by Crippen LogP contribution is 2.45. The van der Waals surface area contributed by atoms with Crippen LogP contribution < -0.4 is 10.5 Å². The molecule has 3 N–H and O–H groups in total. The normalized spacial score (nSPS) is 20.2. The van der Waals surface area contributed by atoms with Gasteiger partial charge in [-0.25, -0.2) is 17.9 Å². The monoisotopic (exact) mass is 354 g/mol. The molecule has 1 aromatic carbocycles. The molecule has 116 valence electrons. The van der Waals surface area contributed by atoms with E-state index in [4.69, 9.17) is 28.3 Å². The van der Waals surface area contributed by atoms with Crippen LogP contribution in [0.15, 0.2) is 11.0 Å². The Kier molecular flexibility index (Phi) is 3.99.